The minimum absolute atomic E-state index is 0. The third-order valence-electron chi connectivity index (χ3n) is 5.34. The number of fused-ring (bicyclic) bond motifs is 1. The summed E-state index contributed by atoms with van der Waals surface area (Å²) < 4.78 is 0. The number of nitrogens with one attached hydrogen (secondary N) is 3. The van der Waals surface area contributed by atoms with Gasteiger partial charge in [0.1, 0.15) is 5.82 Å². The lowest BCUT2D eigenvalue weighted by molar-refractivity contribution is 0.102. The average molecular weight is 425 g/mol. The highest BCUT2D eigenvalue weighted by Gasteiger charge is 2.21. The van der Waals surface area contributed by atoms with E-state index in [9.17, 15) is 4.79 Å². The van der Waals surface area contributed by atoms with Gasteiger partial charge in [0, 0.05) is 37.6 Å². The third-order valence-corrected chi connectivity index (χ3v) is 5.34. The van der Waals surface area contributed by atoms with Gasteiger partial charge >= 0.3 is 0 Å². The van der Waals surface area contributed by atoms with Crippen LogP contribution in [0.4, 0.5) is 11.4 Å². The number of H-pyrrole nitrogens is 1. The maximum Gasteiger partial charge on any atom is 0.255 e. The minimum Gasteiger partial charge on any atom is -0.398 e. The van der Waals surface area contributed by atoms with Crippen LogP contribution in [0.5, 0.6) is 0 Å². The molecule has 7 heteroatoms. The van der Waals surface area contributed by atoms with Crippen LogP contribution in [-0.4, -0.2) is 39.6 Å². The van der Waals surface area contributed by atoms with Crippen LogP contribution >= 0.6 is 0 Å². The molecule has 0 spiro atoms. The Morgan fingerprint density at radius 2 is 2.13 bits per heavy atom. The summed E-state index contributed by atoms with van der Waals surface area (Å²) in [6, 6.07) is 11.1. The summed E-state index contributed by atoms with van der Waals surface area (Å²) in [5.74, 6) is 0.703. The maximum atomic E-state index is 12.5. The van der Waals surface area contributed by atoms with E-state index in [0.29, 0.717) is 28.5 Å². The number of imidazole rings is 1. The molecule has 5 N–H and O–H groups in total. The molecule has 4 rings (SSSR count). The highest BCUT2D eigenvalue weighted by molar-refractivity contribution is 6.06. The second-order valence-electron chi connectivity index (χ2n) is 8.03. The van der Waals surface area contributed by atoms with Gasteiger partial charge in [-0.15, -0.1) is 0 Å². The Morgan fingerprint density at radius 3 is 2.81 bits per heavy atom. The summed E-state index contributed by atoms with van der Waals surface area (Å²) >= 11 is 0. The van der Waals surface area contributed by atoms with Crippen molar-refractivity contribution in [2.24, 2.45) is 0 Å². The number of anilines is 2. The number of nitrogens with zero attached hydrogens (tertiary/aromatic N) is 2. The predicted octanol–water partition coefficient (Wildman–Crippen LogP) is 5.29. The molecule has 1 aliphatic rings. The summed E-state index contributed by atoms with van der Waals surface area (Å²) in [5.41, 5.74) is 9.73. The fourth-order valence-electron chi connectivity index (χ4n) is 3.68. The van der Waals surface area contributed by atoms with Crippen molar-refractivity contribution in [2.45, 2.75) is 52.6 Å². The quantitative estimate of drug-likeness (QED) is 0.329. The first-order chi connectivity index (χ1) is 14.9. The molecule has 2 aromatic carbocycles. The van der Waals surface area contributed by atoms with E-state index >= 15 is 0 Å². The number of hydrogen-bond acceptors (Lipinski definition) is 5. The molecule has 1 saturated heterocycles. The molecule has 0 radical (unpaired) electrons. The Hall–Kier alpha value is -3.19. The minimum atomic E-state index is -0.243. The van der Waals surface area contributed by atoms with Crippen molar-refractivity contribution >= 4 is 34.5 Å². The second-order valence-corrected chi connectivity index (χ2v) is 8.03. The van der Waals surface area contributed by atoms with Crippen LogP contribution in [0.1, 0.15) is 64.6 Å². The van der Waals surface area contributed by atoms with Gasteiger partial charge in [0.2, 0.25) is 0 Å². The van der Waals surface area contributed by atoms with Gasteiger partial charge in [-0.25, -0.2) is 4.98 Å². The smallest absolute Gasteiger partial charge is 0.255 e. The molecule has 1 fully saturated rings. The van der Waals surface area contributed by atoms with Crippen LogP contribution in [0.15, 0.2) is 36.4 Å². The molecule has 31 heavy (non-hydrogen) atoms. The molecular formula is C24H36N6O. The third kappa shape index (κ3) is 5.49. The van der Waals surface area contributed by atoms with E-state index in [0.717, 1.165) is 36.2 Å². The zero-order valence-electron chi connectivity index (χ0n) is 18.5. The Kier molecular flexibility index (Phi) is 7.41. The first-order valence-corrected chi connectivity index (χ1v) is 10.9. The van der Waals surface area contributed by atoms with Crippen molar-refractivity contribution in [1.82, 2.24) is 14.9 Å². The second kappa shape index (κ2) is 10.2. The lowest BCUT2D eigenvalue weighted by Gasteiger charge is -2.19. The van der Waals surface area contributed by atoms with Crippen LogP contribution in [-0.2, 0) is 6.54 Å². The average Bonchev–Trinajstić information content (AvgIpc) is 3.34. The molecular weight excluding hydrogens is 388 g/mol. The summed E-state index contributed by atoms with van der Waals surface area (Å²) in [5, 5.41) is 10.3. The Balaban J connectivity index is 0.00000103. The van der Waals surface area contributed by atoms with E-state index in [2.05, 4.69) is 41.0 Å². The molecule has 0 bridgehead atoms. The number of carbonyl (C=O) groups is 1. The van der Waals surface area contributed by atoms with Gasteiger partial charge < -0.3 is 21.4 Å². The standard InChI is InChI=1S/C21H24N6O.C3H8.2H2/c1-13-3-2-8-27(13)12-20-25-18-7-5-16(10-19(18)26-20)24-21(28)14-4-6-17(23)15(9-14)11-22;1-3-2;;/h4-7,9-11,13,22H,2-3,8,12,23H2,1H3,(H,24,28)(H,25,26);3H2,1-2H3;2*1H/t13-;;;/m0.../s1. The number of carbonyl (C=O) groups excluding carboxylic acids is 1. The van der Waals surface area contributed by atoms with Crippen molar-refractivity contribution in [3.05, 3.63) is 53.3 Å². The van der Waals surface area contributed by atoms with E-state index < -0.39 is 0 Å². The number of amides is 1. The molecule has 7 nitrogen and oxygen atoms in total. The van der Waals surface area contributed by atoms with Gasteiger partial charge in [0.25, 0.3) is 5.91 Å². The zero-order valence-corrected chi connectivity index (χ0v) is 18.5. The van der Waals surface area contributed by atoms with Crippen molar-refractivity contribution in [3.63, 3.8) is 0 Å². The first kappa shape index (κ1) is 22.5. The lowest BCUT2D eigenvalue weighted by atomic mass is 10.1. The highest BCUT2D eigenvalue weighted by atomic mass is 16.1. The number of aromatic nitrogens is 2. The van der Waals surface area contributed by atoms with Crippen molar-refractivity contribution in [3.8, 4) is 0 Å². The fraction of sp³-hybridized carbons (Fsp3) is 0.375. The highest BCUT2D eigenvalue weighted by Crippen LogP contribution is 2.22. The lowest BCUT2D eigenvalue weighted by Crippen LogP contribution is -2.26. The summed E-state index contributed by atoms with van der Waals surface area (Å²) in [4.78, 5) is 23.0. The number of nitrogen functional groups attached to an aromatic ring is 1. The van der Waals surface area contributed by atoms with E-state index in [-0.39, 0.29) is 8.76 Å². The van der Waals surface area contributed by atoms with Crippen LogP contribution in [0, 0.1) is 5.41 Å². The molecule has 2 heterocycles. The van der Waals surface area contributed by atoms with Gasteiger partial charge in [-0.05, 0) is 62.7 Å². The monoisotopic (exact) mass is 424 g/mol. The van der Waals surface area contributed by atoms with Crippen LogP contribution < -0.4 is 11.1 Å². The molecule has 1 atom stereocenters. The van der Waals surface area contributed by atoms with Gasteiger partial charge in [-0.1, -0.05) is 20.3 Å². The SMILES string of the molecule is CCC.C[C@H]1CCCN1Cc1nc2ccc(NC(=O)c3ccc(N)c(C=N)c3)cc2[nH]1.[HH].[HH]. The number of benzene rings is 2. The molecule has 0 saturated carbocycles. The van der Waals surface area contributed by atoms with Crippen LogP contribution in [0.2, 0.25) is 0 Å². The van der Waals surface area contributed by atoms with Crippen molar-refractivity contribution in [2.75, 3.05) is 17.6 Å². The Bertz CT molecular complexity index is 1070. The number of hydrogen-bond donors (Lipinski definition) is 4. The predicted molar refractivity (Wildman–Crippen MR) is 132 cm³/mol. The van der Waals surface area contributed by atoms with E-state index in [1.165, 1.54) is 19.3 Å². The fourth-order valence-corrected chi connectivity index (χ4v) is 3.68. The normalized spacial score (nSPS) is 16.0. The van der Waals surface area contributed by atoms with E-state index in [1.54, 1.807) is 18.2 Å². The maximum absolute atomic E-state index is 12.5. The largest absolute Gasteiger partial charge is 0.398 e. The van der Waals surface area contributed by atoms with Crippen LogP contribution in [0.25, 0.3) is 11.0 Å². The van der Waals surface area contributed by atoms with Crippen molar-refractivity contribution < 1.29 is 7.65 Å². The summed E-state index contributed by atoms with van der Waals surface area (Å²) in [6.07, 6.45) is 4.87. The molecule has 1 aromatic heterocycles. The Labute approximate surface area is 186 Å². The van der Waals surface area contributed by atoms with Gasteiger partial charge in [-0.3, -0.25) is 9.69 Å². The van der Waals surface area contributed by atoms with Crippen LogP contribution in [0.3, 0.4) is 0 Å². The summed E-state index contributed by atoms with van der Waals surface area (Å²) in [6.45, 7) is 8.43. The zero-order chi connectivity index (χ0) is 22.4. The summed E-state index contributed by atoms with van der Waals surface area (Å²) in [7, 11) is 0. The molecule has 168 valence electrons. The molecule has 1 aliphatic heterocycles. The Morgan fingerprint density at radius 1 is 1.35 bits per heavy atom. The number of nitrogens with two attached hydrogens (primary N) is 1. The number of rotatable bonds is 5. The number of likely N-dealkylation sites (tertiary alicyclic amines) is 1. The van der Waals surface area contributed by atoms with Gasteiger partial charge in [0.05, 0.1) is 17.6 Å². The molecule has 0 aliphatic carbocycles. The molecule has 3 aromatic rings. The van der Waals surface area contributed by atoms with E-state index in [4.69, 9.17) is 11.1 Å². The topological polar surface area (TPSA) is 111 Å². The van der Waals surface area contributed by atoms with Gasteiger partial charge in [-0.2, -0.15) is 0 Å². The van der Waals surface area contributed by atoms with E-state index in [1.807, 2.05) is 18.2 Å². The van der Waals surface area contributed by atoms with Crippen molar-refractivity contribution in [1.29, 1.82) is 5.41 Å². The number of aromatic amines is 1. The first-order valence-electron chi connectivity index (χ1n) is 10.9. The molecule has 0 unspecified atom stereocenters. The molecule has 1 amide bonds. The van der Waals surface area contributed by atoms with Gasteiger partial charge in [0.15, 0.2) is 0 Å².